The van der Waals surface area contributed by atoms with E-state index in [1.54, 1.807) is 24.5 Å². The van der Waals surface area contributed by atoms with Crippen molar-refractivity contribution in [3.05, 3.63) is 53.9 Å². The average Bonchev–Trinajstić information content (AvgIpc) is 2.39. The summed E-state index contributed by atoms with van der Waals surface area (Å²) in [5, 5.41) is 8.90. The quantitative estimate of drug-likeness (QED) is 0.819. The number of nitrogens with zero attached hydrogens (tertiary/aromatic N) is 2. The highest BCUT2D eigenvalue weighted by atomic mass is 16.4. The molecule has 1 aromatic carbocycles. The summed E-state index contributed by atoms with van der Waals surface area (Å²) in [5.74, 6) is -0.977. The van der Waals surface area contributed by atoms with E-state index >= 15 is 0 Å². The standard InChI is InChI=1S/C14H15N3O2/c1-17(9-10-4-6-16-7-5-10)13-3-2-11(14(18)19)8-12(13)15/h2-8H,9,15H2,1H3,(H,18,19). The molecule has 98 valence electrons. The van der Waals surface area contributed by atoms with Crippen LogP contribution in [0.15, 0.2) is 42.7 Å². The first-order valence-corrected chi connectivity index (χ1v) is 5.81. The molecular weight excluding hydrogens is 242 g/mol. The van der Waals surface area contributed by atoms with Crippen molar-refractivity contribution in [2.45, 2.75) is 6.54 Å². The van der Waals surface area contributed by atoms with Crippen molar-refractivity contribution in [3.63, 3.8) is 0 Å². The maximum Gasteiger partial charge on any atom is 0.335 e. The van der Waals surface area contributed by atoms with Crippen molar-refractivity contribution in [1.29, 1.82) is 0 Å². The van der Waals surface area contributed by atoms with E-state index in [0.717, 1.165) is 11.3 Å². The Balaban J connectivity index is 2.20. The molecule has 0 fully saturated rings. The molecule has 3 N–H and O–H groups in total. The molecular formula is C14H15N3O2. The Kier molecular flexibility index (Phi) is 3.66. The lowest BCUT2D eigenvalue weighted by Crippen LogP contribution is -2.18. The zero-order chi connectivity index (χ0) is 13.8. The molecule has 5 nitrogen and oxygen atoms in total. The predicted octanol–water partition coefficient (Wildman–Crippen LogP) is 2.00. The molecule has 0 bridgehead atoms. The second-order valence-electron chi connectivity index (χ2n) is 4.29. The van der Waals surface area contributed by atoms with E-state index in [1.807, 2.05) is 24.1 Å². The fraction of sp³-hybridized carbons (Fsp3) is 0.143. The second kappa shape index (κ2) is 5.39. The Bertz CT molecular complexity index is 584. The fourth-order valence-electron chi connectivity index (χ4n) is 1.88. The second-order valence-corrected chi connectivity index (χ2v) is 4.29. The molecule has 0 radical (unpaired) electrons. The van der Waals surface area contributed by atoms with E-state index in [4.69, 9.17) is 10.8 Å². The minimum atomic E-state index is -0.977. The van der Waals surface area contributed by atoms with Crippen molar-refractivity contribution < 1.29 is 9.90 Å². The molecule has 0 aliphatic heterocycles. The van der Waals surface area contributed by atoms with Crippen molar-refractivity contribution >= 4 is 17.3 Å². The molecule has 0 saturated heterocycles. The highest BCUT2D eigenvalue weighted by Crippen LogP contribution is 2.24. The summed E-state index contributed by atoms with van der Waals surface area (Å²) in [7, 11) is 1.91. The average molecular weight is 257 g/mol. The van der Waals surface area contributed by atoms with Gasteiger partial charge in [0.05, 0.1) is 16.9 Å². The Morgan fingerprint density at radius 1 is 1.32 bits per heavy atom. The van der Waals surface area contributed by atoms with Crippen LogP contribution in [0, 0.1) is 0 Å². The first-order valence-electron chi connectivity index (χ1n) is 5.81. The highest BCUT2D eigenvalue weighted by molar-refractivity contribution is 5.90. The van der Waals surface area contributed by atoms with Crippen LogP contribution in [0.2, 0.25) is 0 Å². The van der Waals surface area contributed by atoms with Crippen LogP contribution in [0.25, 0.3) is 0 Å². The van der Waals surface area contributed by atoms with Crippen LogP contribution in [0.1, 0.15) is 15.9 Å². The minimum absolute atomic E-state index is 0.193. The van der Waals surface area contributed by atoms with Gasteiger partial charge in [0.1, 0.15) is 0 Å². The topological polar surface area (TPSA) is 79.5 Å². The molecule has 0 saturated carbocycles. The number of hydrogen-bond acceptors (Lipinski definition) is 4. The Morgan fingerprint density at radius 3 is 2.58 bits per heavy atom. The number of benzene rings is 1. The van der Waals surface area contributed by atoms with Crippen LogP contribution in [0.4, 0.5) is 11.4 Å². The largest absolute Gasteiger partial charge is 0.478 e. The summed E-state index contributed by atoms with van der Waals surface area (Å²) in [6.45, 7) is 0.680. The number of pyridine rings is 1. The van der Waals surface area contributed by atoms with E-state index in [1.165, 1.54) is 6.07 Å². The summed E-state index contributed by atoms with van der Waals surface area (Å²) in [6.07, 6.45) is 3.47. The zero-order valence-corrected chi connectivity index (χ0v) is 10.6. The van der Waals surface area contributed by atoms with E-state index in [9.17, 15) is 4.79 Å². The Labute approximate surface area is 111 Å². The van der Waals surface area contributed by atoms with Crippen LogP contribution in [0.3, 0.4) is 0 Å². The maximum absolute atomic E-state index is 10.8. The third-order valence-corrected chi connectivity index (χ3v) is 2.85. The third-order valence-electron chi connectivity index (χ3n) is 2.85. The zero-order valence-electron chi connectivity index (χ0n) is 10.6. The first-order chi connectivity index (χ1) is 9.08. The van der Waals surface area contributed by atoms with Crippen molar-refractivity contribution in [3.8, 4) is 0 Å². The van der Waals surface area contributed by atoms with Crippen molar-refractivity contribution in [1.82, 2.24) is 4.98 Å². The number of carboxylic acids is 1. The number of aromatic nitrogens is 1. The van der Waals surface area contributed by atoms with Crippen LogP contribution in [-0.4, -0.2) is 23.1 Å². The van der Waals surface area contributed by atoms with Crippen LogP contribution < -0.4 is 10.6 Å². The molecule has 0 aliphatic carbocycles. The van der Waals surface area contributed by atoms with Gasteiger partial charge in [-0.1, -0.05) is 0 Å². The molecule has 5 heteroatoms. The van der Waals surface area contributed by atoms with Gasteiger partial charge in [0.2, 0.25) is 0 Å². The van der Waals surface area contributed by atoms with Crippen LogP contribution in [0.5, 0.6) is 0 Å². The van der Waals surface area contributed by atoms with Gasteiger partial charge < -0.3 is 15.7 Å². The SMILES string of the molecule is CN(Cc1ccncc1)c1ccc(C(=O)O)cc1N. The molecule has 1 aromatic heterocycles. The summed E-state index contributed by atoms with van der Waals surface area (Å²) in [6, 6.07) is 8.61. The van der Waals surface area contributed by atoms with Crippen molar-refractivity contribution in [2.75, 3.05) is 17.7 Å². The molecule has 2 rings (SSSR count). The number of nitrogen functional groups attached to an aromatic ring is 1. The number of anilines is 2. The van der Waals surface area contributed by atoms with E-state index in [-0.39, 0.29) is 5.56 Å². The van der Waals surface area contributed by atoms with Crippen LogP contribution in [-0.2, 0) is 6.54 Å². The number of carboxylic acid groups (broad SMARTS) is 1. The number of hydrogen-bond donors (Lipinski definition) is 2. The van der Waals surface area contributed by atoms with Gasteiger partial charge in [0.15, 0.2) is 0 Å². The minimum Gasteiger partial charge on any atom is -0.478 e. The Morgan fingerprint density at radius 2 is 2.00 bits per heavy atom. The van der Waals surface area contributed by atoms with E-state index < -0.39 is 5.97 Å². The Hall–Kier alpha value is -2.56. The number of nitrogens with two attached hydrogens (primary N) is 1. The molecule has 0 aliphatic rings. The van der Waals surface area contributed by atoms with Gasteiger partial charge in [0, 0.05) is 26.0 Å². The highest BCUT2D eigenvalue weighted by Gasteiger charge is 2.09. The lowest BCUT2D eigenvalue weighted by Gasteiger charge is -2.21. The van der Waals surface area contributed by atoms with Gasteiger partial charge in [0.25, 0.3) is 0 Å². The molecule has 0 atom stereocenters. The van der Waals surface area contributed by atoms with Crippen LogP contribution >= 0.6 is 0 Å². The number of carbonyl (C=O) groups is 1. The van der Waals surface area contributed by atoms with Gasteiger partial charge in [-0.3, -0.25) is 4.98 Å². The summed E-state index contributed by atoms with van der Waals surface area (Å²) < 4.78 is 0. The van der Waals surface area contributed by atoms with Gasteiger partial charge in [-0.15, -0.1) is 0 Å². The fourth-order valence-corrected chi connectivity index (χ4v) is 1.88. The summed E-state index contributed by atoms with van der Waals surface area (Å²) >= 11 is 0. The monoisotopic (exact) mass is 257 g/mol. The number of rotatable bonds is 4. The predicted molar refractivity (Wildman–Crippen MR) is 74.2 cm³/mol. The third kappa shape index (κ3) is 3.01. The van der Waals surface area contributed by atoms with Gasteiger partial charge in [-0.25, -0.2) is 4.79 Å². The molecule has 2 aromatic rings. The molecule has 19 heavy (non-hydrogen) atoms. The normalized spacial score (nSPS) is 10.2. The van der Waals surface area contributed by atoms with E-state index in [2.05, 4.69) is 4.98 Å². The van der Waals surface area contributed by atoms with Gasteiger partial charge >= 0.3 is 5.97 Å². The summed E-state index contributed by atoms with van der Waals surface area (Å²) in [5.41, 5.74) is 8.46. The lowest BCUT2D eigenvalue weighted by molar-refractivity contribution is 0.0697. The van der Waals surface area contributed by atoms with Gasteiger partial charge in [-0.2, -0.15) is 0 Å². The molecule has 0 spiro atoms. The number of aromatic carboxylic acids is 1. The molecule has 0 amide bonds. The smallest absolute Gasteiger partial charge is 0.335 e. The van der Waals surface area contributed by atoms with E-state index in [0.29, 0.717) is 12.2 Å². The molecule has 0 unspecified atom stereocenters. The lowest BCUT2D eigenvalue weighted by atomic mass is 10.1. The summed E-state index contributed by atoms with van der Waals surface area (Å²) in [4.78, 5) is 16.8. The molecule has 1 heterocycles. The maximum atomic E-state index is 10.8. The van der Waals surface area contributed by atoms with Crippen molar-refractivity contribution in [2.24, 2.45) is 0 Å². The van der Waals surface area contributed by atoms with Gasteiger partial charge in [-0.05, 0) is 35.9 Å². The first kappa shape index (κ1) is 12.9.